The van der Waals surface area contributed by atoms with Crippen LogP contribution in [0, 0.1) is 0 Å². The lowest BCUT2D eigenvalue weighted by Crippen LogP contribution is -1.93. The van der Waals surface area contributed by atoms with Gasteiger partial charge in [-0.25, -0.2) is 0 Å². The molecule has 0 aromatic rings. The highest BCUT2D eigenvalue weighted by atomic mass is 16.5. The standard InChI is InChI=1S/C9H16O3/c1-3-8(12-2)6-4-5-7-9(10)11/h6H,3-5,7H2,1-2H3,(H,10,11)/b8-6-. The Balaban J connectivity index is 3.51. The number of hydrogen-bond donors (Lipinski definition) is 1. The minimum Gasteiger partial charge on any atom is -0.501 e. The minimum absolute atomic E-state index is 0.233. The van der Waals surface area contributed by atoms with E-state index in [1.54, 1.807) is 7.11 Å². The molecule has 0 aliphatic rings. The molecule has 0 radical (unpaired) electrons. The van der Waals surface area contributed by atoms with Crippen LogP contribution in [0.3, 0.4) is 0 Å². The van der Waals surface area contributed by atoms with E-state index in [4.69, 9.17) is 9.84 Å². The number of methoxy groups -OCH3 is 1. The van der Waals surface area contributed by atoms with Crippen LogP contribution in [0.5, 0.6) is 0 Å². The zero-order chi connectivity index (χ0) is 9.40. The molecule has 0 rings (SSSR count). The Bertz CT molecular complexity index is 155. The topological polar surface area (TPSA) is 46.5 Å². The van der Waals surface area contributed by atoms with Crippen LogP contribution < -0.4 is 0 Å². The van der Waals surface area contributed by atoms with Crippen molar-refractivity contribution in [2.24, 2.45) is 0 Å². The number of carboxylic acids is 1. The fraction of sp³-hybridized carbons (Fsp3) is 0.667. The molecule has 0 aromatic carbocycles. The van der Waals surface area contributed by atoms with E-state index in [1.165, 1.54) is 0 Å². The molecule has 0 aliphatic heterocycles. The van der Waals surface area contributed by atoms with Gasteiger partial charge in [0.25, 0.3) is 0 Å². The number of unbranched alkanes of at least 4 members (excludes halogenated alkanes) is 1. The van der Waals surface area contributed by atoms with Crippen molar-refractivity contribution in [2.75, 3.05) is 7.11 Å². The Morgan fingerprint density at radius 1 is 1.58 bits per heavy atom. The second-order valence-electron chi connectivity index (χ2n) is 2.51. The largest absolute Gasteiger partial charge is 0.501 e. The van der Waals surface area contributed by atoms with Crippen LogP contribution in [0.4, 0.5) is 0 Å². The summed E-state index contributed by atoms with van der Waals surface area (Å²) < 4.78 is 5.02. The summed E-state index contributed by atoms with van der Waals surface area (Å²) in [6.07, 6.45) is 4.51. The third-order valence-electron chi connectivity index (χ3n) is 1.58. The van der Waals surface area contributed by atoms with E-state index in [-0.39, 0.29) is 6.42 Å². The van der Waals surface area contributed by atoms with Gasteiger partial charge in [-0.05, 0) is 18.9 Å². The molecule has 0 amide bonds. The molecule has 0 bridgehead atoms. The number of allylic oxidation sites excluding steroid dienone is 2. The lowest BCUT2D eigenvalue weighted by Gasteiger charge is -2.01. The number of ether oxygens (including phenoxy) is 1. The zero-order valence-corrected chi connectivity index (χ0v) is 7.67. The van der Waals surface area contributed by atoms with Gasteiger partial charge in [0.2, 0.25) is 0 Å². The Morgan fingerprint density at radius 3 is 2.67 bits per heavy atom. The van der Waals surface area contributed by atoms with Crippen molar-refractivity contribution in [1.29, 1.82) is 0 Å². The lowest BCUT2D eigenvalue weighted by atomic mass is 10.2. The molecule has 70 valence electrons. The molecule has 0 atom stereocenters. The van der Waals surface area contributed by atoms with Crippen LogP contribution in [-0.2, 0) is 9.53 Å². The summed E-state index contributed by atoms with van der Waals surface area (Å²) >= 11 is 0. The van der Waals surface area contributed by atoms with E-state index in [0.29, 0.717) is 6.42 Å². The predicted molar refractivity (Wildman–Crippen MR) is 46.9 cm³/mol. The molecular formula is C9H16O3. The molecule has 3 nitrogen and oxygen atoms in total. The van der Waals surface area contributed by atoms with Gasteiger partial charge in [-0.3, -0.25) is 4.79 Å². The monoisotopic (exact) mass is 172 g/mol. The summed E-state index contributed by atoms with van der Waals surface area (Å²) in [4.78, 5) is 10.1. The van der Waals surface area contributed by atoms with Crippen LogP contribution in [0.25, 0.3) is 0 Å². The van der Waals surface area contributed by atoms with Crippen LogP contribution in [0.2, 0.25) is 0 Å². The molecule has 1 N–H and O–H groups in total. The molecule has 3 heteroatoms. The molecule has 0 heterocycles. The van der Waals surface area contributed by atoms with Crippen LogP contribution in [-0.4, -0.2) is 18.2 Å². The molecule has 0 aromatic heterocycles. The number of carboxylic acid groups (broad SMARTS) is 1. The Kier molecular flexibility index (Phi) is 6.15. The van der Waals surface area contributed by atoms with Gasteiger partial charge in [0.1, 0.15) is 0 Å². The van der Waals surface area contributed by atoms with Crippen molar-refractivity contribution in [3.05, 3.63) is 11.8 Å². The smallest absolute Gasteiger partial charge is 0.303 e. The number of hydrogen-bond acceptors (Lipinski definition) is 2. The van der Waals surface area contributed by atoms with Gasteiger partial charge in [0.05, 0.1) is 12.9 Å². The van der Waals surface area contributed by atoms with Crippen molar-refractivity contribution in [2.45, 2.75) is 32.6 Å². The first-order chi connectivity index (χ1) is 5.70. The molecule has 0 saturated heterocycles. The third kappa shape index (κ3) is 5.77. The fourth-order valence-electron chi connectivity index (χ4n) is 0.888. The van der Waals surface area contributed by atoms with E-state index in [9.17, 15) is 4.79 Å². The molecule has 0 saturated carbocycles. The molecule has 0 aliphatic carbocycles. The van der Waals surface area contributed by atoms with Crippen molar-refractivity contribution in [3.63, 3.8) is 0 Å². The van der Waals surface area contributed by atoms with Gasteiger partial charge in [0, 0.05) is 12.8 Å². The normalized spacial score (nSPS) is 11.3. The predicted octanol–water partition coefficient (Wildman–Crippen LogP) is 2.18. The average molecular weight is 172 g/mol. The quantitative estimate of drug-likeness (QED) is 0.493. The van der Waals surface area contributed by atoms with Gasteiger partial charge in [-0.1, -0.05) is 6.92 Å². The van der Waals surface area contributed by atoms with Crippen molar-refractivity contribution >= 4 is 5.97 Å². The molecule has 12 heavy (non-hydrogen) atoms. The van der Waals surface area contributed by atoms with Crippen molar-refractivity contribution in [3.8, 4) is 0 Å². The van der Waals surface area contributed by atoms with E-state index in [0.717, 1.165) is 18.6 Å². The van der Waals surface area contributed by atoms with Gasteiger partial charge in [-0.15, -0.1) is 0 Å². The maximum atomic E-state index is 10.1. The van der Waals surface area contributed by atoms with Crippen LogP contribution in [0.1, 0.15) is 32.6 Å². The first-order valence-electron chi connectivity index (χ1n) is 4.15. The van der Waals surface area contributed by atoms with Crippen molar-refractivity contribution in [1.82, 2.24) is 0 Å². The highest BCUT2D eigenvalue weighted by Gasteiger charge is 1.95. The van der Waals surface area contributed by atoms with E-state index in [1.807, 2.05) is 13.0 Å². The maximum Gasteiger partial charge on any atom is 0.303 e. The average Bonchev–Trinajstić information content (AvgIpc) is 2.04. The number of aliphatic carboxylic acids is 1. The van der Waals surface area contributed by atoms with Gasteiger partial charge in [-0.2, -0.15) is 0 Å². The molecule has 0 unspecified atom stereocenters. The molecule has 0 fully saturated rings. The fourth-order valence-corrected chi connectivity index (χ4v) is 0.888. The van der Waals surface area contributed by atoms with Gasteiger partial charge < -0.3 is 9.84 Å². The van der Waals surface area contributed by atoms with Crippen LogP contribution >= 0.6 is 0 Å². The maximum absolute atomic E-state index is 10.1. The second-order valence-corrected chi connectivity index (χ2v) is 2.51. The Morgan fingerprint density at radius 2 is 2.25 bits per heavy atom. The first-order valence-corrected chi connectivity index (χ1v) is 4.15. The Hall–Kier alpha value is -0.990. The van der Waals surface area contributed by atoms with Crippen LogP contribution in [0.15, 0.2) is 11.8 Å². The van der Waals surface area contributed by atoms with E-state index < -0.39 is 5.97 Å². The summed E-state index contributed by atoms with van der Waals surface area (Å²) in [6, 6.07) is 0. The Labute approximate surface area is 73.0 Å². The highest BCUT2D eigenvalue weighted by molar-refractivity contribution is 5.66. The van der Waals surface area contributed by atoms with E-state index in [2.05, 4.69) is 0 Å². The second kappa shape index (κ2) is 6.70. The van der Waals surface area contributed by atoms with Gasteiger partial charge >= 0.3 is 5.97 Å². The summed E-state index contributed by atoms with van der Waals surface area (Å²) in [6.45, 7) is 2.01. The third-order valence-corrected chi connectivity index (χ3v) is 1.58. The van der Waals surface area contributed by atoms with Gasteiger partial charge in [0.15, 0.2) is 0 Å². The summed E-state index contributed by atoms with van der Waals surface area (Å²) in [5.74, 6) is 0.194. The summed E-state index contributed by atoms with van der Waals surface area (Å²) in [7, 11) is 1.63. The SMILES string of the molecule is CC/C(=C/CCCC(=O)O)OC. The molecule has 0 spiro atoms. The zero-order valence-electron chi connectivity index (χ0n) is 7.67. The van der Waals surface area contributed by atoms with Crippen molar-refractivity contribution < 1.29 is 14.6 Å². The summed E-state index contributed by atoms with van der Waals surface area (Å²) in [5, 5.41) is 8.34. The molecular weight excluding hydrogens is 156 g/mol. The highest BCUT2D eigenvalue weighted by Crippen LogP contribution is 2.05. The minimum atomic E-state index is -0.737. The number of carbonyl (C=O) groups is 1. The lowest BCUT2D eigenvalue weighted by molar-refractivity contribution is -0.137. The summed E-state index contributed by atoms with van der Waals surface area (Å²) in [5.41, 5.74) is 0. The first kappa shape index (κ1) is 11.0. The van der Waals surface area contributed by atoms with E-state index >= 15 is 0 Å². The number of rotatable bonds is 6.